The lowest BCUT2D eigenvalue weighted by Crippen LogP contribution is -2.40. The maximum absolute atomic E-state index is 12.7. The van der Waals surface area contributed by atoms with Crippen LogP contribution < -0.4 is 10.5 Å². The van der Waals surface area contributed by atoms with Crippen LogP contribution in [0.4, 0.5) is 8.78 Å². The zero-order chi connectivity index (χ0) is 11.5. The predicted octanol–water partition coefficient (Wildman–Crippen LogP) is 1.58. The van der Waals surface area contributed by atoms with Gasteiger partial charge in [0, 0.05) is 6.07 Å². The summed E-state index contributed by atoms with van der Waals surface area (Å²) in [4.78, 5) is 0. The first-order valence-electron chi connectivity index (χ1n) is 4.22. The topological polar surface area (TPSA) is 59.0 Å². The number of ether oxygens (including phenoxy) is 1. The average Bonchev–Trinajstić information content (AvgIpc) is 2.20. The normalized spacial score (nSPS) is 14.1. The quantitative estimate of drug-likeness (QED) is 0.827. The Morgan fingerprint density at radius 2 is 2.13 bits per heavy atom. The zero-order valence-corrected chi connectivity index (χ0v) is 8.13. The molecule has 2 N–H and O–H groups in total. The van der Waals surface area contributed by atoms with E-state index in [1.54, 1.807) is 0 Å². The fourth-order valence-corrected chi connectivity index (χ4v) is 0.832. The second-order valence-corrected chi connectivity index (χ2v) is 3.39. The van der Waals surface area contributed by atoms with Gasteiger partial charge < -0.3 is 10.5 Å². The Labute approximate surface area is 86.1 Å². The fraction of sp³-hybridized carbons (Fsp3) is 0.300. The Balaban J connectivity index is 2.67. The van der Waals surface area contributed by atoms with E-state index in [0.717, 1.165) is 12.1 Å². The first-order chi connectivity index (χ1) is 6.94. The molecule has 1 atom stereocenters. The van der Waals surface area contributed by atoms with E-state index < -0.39 is 17.2 Å². The highest BCUT2D eigenvalue weighted by Gasteiger charge is 2.18. The smallest absolute Gasteiger partial charge is 0.162 e. The molecule has 1 rings (SSSR count). The summed E-state index contributed by atoms with van der Waals surface area (Å²) in [6.45, 7) is 1.39. The summed E-state index contributed by atoms with van der Waals surface area (Å²) < 4.78 is 30.3. The molecule has 0 unspecified atom stereocenters. The van der Waals surface area contributed by atoms with E-state index in [1.165, 1.54) is 13.0 Å². The molecule has 3 nitrogen and oxygen atoms in total. The van der Waals surface area contributed by atoms with Crippen LogP contribution in [-0.4, -0.2) is 12.1 Å². The van der Waals surface area contributed by atoms with E-state index in [-0.39, 0.29) is 12.4 Å². The molecule has 0 aliphatic rings. The summed E-state index contributed by atoms with van der Waals surface area (Å²) in [6.07, 6.45) is 0. The number of nitrogens with two attached hydrogens (primary N) is 1. The SMILES string of the molecule is C[C@@](N)(C#N)COc1ccc(F)c(F)c1. The van der Waals surface area contributed by atoms with Gasteiger partial charge >= 0.3 is 0 Å². The van der Waals surface area contributed by atoms with E-state index in [9.17, 15) is 8.78 Å². The van der Waals surface area contributed by atoms with Gasteiger partial charge in [-0.15, -0.1) is 0 Å². The number of hydrogen-bond acceptors (Lipinski definition) is 3. The van der Waals surface area contributed by atoms with Crippen molar-refractivity contribution in [1.82, 2.24) is 0 Å². The van der Waals surface area contributed by atoms with Crippen molar-refractivity contribution in [1.29, 1.82) is 5.26 Å². The number of benzene rings is 1. The molecule has 0 bridgehead atoms. The maximum atomic E-state index is 12.7. The minimum absolute atomic E-state index is 0.0887. The van der Waals surface area contributed by atoms with E-state index in [2.05, 4.69) is 0 Å². The second-order valence-electron chi connectivity index (χ2n) is 3.39. The molecule has 0 aliphatic carbocycles. The van der Waals surface area contributed by atoms with Crippen molar-refractivity contribution >= 4 is 0 Å². The summed E-state index contributed by atoms with van der Waals surface area (Å²) in [5.41, 5.74) is 4.33. The van der Waals surface area contributed by atoms with E-state index >= 15 is 0 Å². The highest BCUT2D eigenvalue weighted by molar-refractivity contribution is 5.24. The van der Waals surface area contributed by atoms with Crippen LogP contribution in [0.5, 0.6) is 5.75 Å². The van der Waals surface area contributed by atoms with Crippen molar-refractivity contribution < 1.29 is 13.5 Å². The Morgan fingerprint density at radius 1 is 1.47 bits per heavy atom. The largest absolute Gasteiger partial charge is 0.490 e. The van der Waals surface area contributed by atoms with Gasteiger partial charge in [-0.05, 0) is 19.1 Å². The molecule has 0 saturated carbocycles. The number of halogens is 2. The highest BCUT2D eigenvalue weighted by Crippen LogP contribution is 2.16. The molecule has 1 aromatic rings. The van der Waals surface area contributed by atoms with Crippen LogP contribution in [0.25, 0.3) is 0 Å². The van der Waals surface area contributed by atoms with Crippen molar-refractivity contribution in [3.8, 4) is 11.8 Å². The Bertz CT molecular complexity index is 399. The molecule has 0 spiro atoms. The third-order valence-corrected chi connectivity index (χ3v) is 1.69. The van der Waals surface area contributed by atoms with Gasteiger partial charge in [0.25, 0.3) is 0 Å². The van der Waals surface area contributed by atoms with E-state index in [0.29, 0.717) is 0 Å². The summed E-state index contributed by atoms with van der Waals surface area (Å²) >= 11 is 0. The minimum atomic E-state index is -1.15. The van der Waals surface area contributed by atoms with Crippen molar-refractivity contribution in [2.24, 2.45) is 5.73 Å². The predicted molar refractivity (Wildman–Crippen MR) is 50.1 cm³/mol. The van der Waals surface area contributed by atoms with Gasteiger partial charge in [0.2, 0.25) is 0 Å². The number of rotatable bonds is 3. The molecule has 0 heterocycles. The number of nitrogens with zero attached hydrogens (tertiary/aromatic N) is 1. The first kappa shape index (κ1) is 11.4. The molecule has 0 aliphatic heterocycles. The van der Waals surface area contributed by atoms with Crippen LogP contribution in [0, 0.1) is 23.0 Å². The van der Waals surface area contributed by atoms with Crippen LogP contribution in [0.2, 0.25) is 0 Å². The highest BCUT2D eigenvalue weighted by atomic mass is 19.2. The van der Waals surface area contributed by atoms with Crippen LogP contribution in [-0.2, 0) is 0 Å². The minimum Gasteiger partial charge on any atom is -0.490 e. The number of nitriles is 1. The Kier molecular flexibility index (Phi) is 3.22. The summed E-state index contributed by atoms with van der Waals surface area (Å²) in [5.74, 6) is -1.80. The van der Waals surface area contributed by atoms with Gasteiger partial charge in [0.05, 0.1) is 6.07 Å². The monoisotopic (exact) mass is 212 g/mol. The fourth-order valence-electron chi connectivity index (χ4n) is 0.832. The maximum Gasteiger partial charge on any atom is 0.162 e. The van der Waals surface area contributed by atoms with E-state index in [1.807, 2.05) is 6.07 Å². The molecule has 0 radical (unpaired) electrons. The van der Waals surface area contributed by atoms with Crippen LogP contribution >= 0.6 is 0 Å². The lowest BCUT2D eigenvalue weighted by atomic mass is 10.1. The lowest BCUT2D eigenvalue weighted by molar-refractivity contribution is 0.263. The summed E-state index contributed by atoms with van der Waals surface area (Å²) in [6, 6.07) is 4.95. The molecular formula is C10H10F2N2O. The van der Waals surface area contributed by atoms with Gasteiger partial charge in [-0.1, -0.05) is 0 Å². The Morgan fingerprint density at radius 3 is 2.67 bits per heavy atom. The molecule has 5 heteroatoms. The van der Waals surface area contributed by atoms with Crippen LogP contribution in [0.1, 0.15) is 6.92 Å². The van der Waals surface area contributed by atoms with Gasteiger partial charge in [-0.3, -0.25) is 0 Å². The second kappa shape index (κ2) is 4.24. The van der Waals surface area contributed by atoms with Gasteiger partial charge in [-0.25, -0.2) is 8.78 Å². The average molecular weight is 212 g/mol. The van der Waals surface area contributed by atoms with Crippen LogP contribution in [0.15, 0.2) is 18.2 Å². The molecule has 0 amide bonds. The lowest BCUT2D eigenvalue weighted by Gasteiger charge is -2.16. The van der Waals surface area contributed by atoms with Gasteiger partial charge in [-0.2, -0.15) is 5.26 Å². The van der Waals surface area contributed by atoms with Crippen LogP contribution in [0.3, 0.4) is 0 Å². The van der Waals surface area contributed by atoms with E-state index in [4.69, 9.17) is 15.7 Å². The Hall–Kier alpha value is -1.67. The summed E-state index contributed by atoms with van der Waals surface area (Å²) in [5, 5.41) is 8.58. The molecule has 80 valence electrons. The van der Waals surface area contributed by atoms with Gasteiger partial charge in [0.1, 0.15) is 17.9 Å². The van der Waals surface area contributed by atoms with Crippen molar-refractivity contribution in [2.45, 2.75) is 12.5 Å². The van der Waals surface area contributed by atoms with Gasteiger partial charge in [0.15, 0.2) is 11.6 Å². The molecule has 0 saturated heterocycles. The molecule has 0 fully saturated rings. The molecular weight excluding hydrogens is 202 g/mol. The molecule has 1 aromatic carbocycles. The van der Waals surface area contributed by atoms with Crippen molar-refractivity contribution in [3.63, 3.8) is 0 Å². The van der Waals surface area contributed by atoms with Crippen molar-refractivity contribution in [3.05, 3.63) is 29.8 Å². The third kappa shape index (κ3) is 3.18. The zero-order valence-electron chi connectivity index (χ0n) is 8.13. The van der Waals surface area contributed by atoms with Crippen molar-refractivity contribution in [2.75, 3.05) is 6.61 Å². The standard InChI is InChI=1S/C10H10F2N2O/c1-10(14,5-13)6-15-7-2-3-8(11)9(12)4-7/h2-4H,6,14H2,1H3/t10-/m1/s1. The molecule has 15 heavy (non-hydrogen) atoms. The first-order valence-corrected chi connectivity index (χ1v) is 4.22. The molecule has 0 aromatic heterocycles. The number of hydrogen-bond donors (Lipinski definition) is 1. The third-order valence-electron chi connectivity index (χ3n) is 1.69. The summed E-state index contributed by atoms with van der Waals surface area (Å²) in [7, 11) is 0.